The topological polar surface area (TPSA) is 80.2 Å². The second kappa shape index (κ2) is 10.3. The minimum absolute atomic E-state index is 0.0400. The fraction of sp³-hybridized carbons (Fsp3) is 0.400. The summed E-state index contributed by atoms with van der Waals surface area (Å²) in [6, 6.07) is 13.1. The number of nitrogens with zero attached hydrogens (tertiary/aromatic N) is 2. The summed E-state index contributed by atoms with van der Waals surface area (Å²) in [5.41, 5.74) is 2.89. The van der Waals surface area contributed by atoms with E-state index in [9.17, 15) is 9.59 Å². The van der Waals surface area contributed by atoms with Gasteiger partial charge in [-0.15, -0.1) is 0 Å². The third kappa shape index (κ3) is 5.87. The molecular weight excluding hydrogens is 438 g/mol. The van der Waals surface area contributed by atoms with Gasteiger partial charge in [0.15, 0.2) is 11.5 Å². The molecule has 0 bridgehead atoms. The lowest BCUT2D eigenvalue weighted by atomic mass is 9.95. The van der Waals surface area contributed by atoms with Gasteiger partial charge in [-0.05, 0) is 42.3 Å². The predicted molar refractivity (Wildman–Crippen MR) is 133 cm³/mol. The molecule has 1 N–H and O–H groups in total. The summed E-state index contributed by atoms with van der Waals surface area (Å²) in [7, 11) is 3.19. The maximum Gasteiger partial charge on any atom is 0.302 e. The van der Waals surface area contributed by atoms with Crippen LogP contribution in [0.15, 0.2) is 47.6 Å². The molecule has 3 rings (SSSR count). The lowest BCUT2D eigenvalue weighted by Gasteiger charge is -2.28. The number of benzene rings is 2. The Bertz CT molecular complexity index is 1040. The van der Waals surface area contributed by atoms with E-state index in [1.165, 1.54) is 16.8 Å². The smallest absolute Gasteiger partial charge is 0.302 e. The SMILES string of the molecule is CCC1SC(=O)N(Cc2ccc(NC(=O)C(C)(C)C)cc2)N=C1c1ccc(OC)c(OC)c1. The Morgan fingerprint density at radius 3 is 2.33 bits per heavy atom. The number of methoxy groups -OCH3 is 2. The summed E-state index contributed by atoms with van der Waals surface area (Å²) < 4.78 is 10.8. The van der Waals surface area contributed by atoms with E-state index in [0.29, 0.717) is 18.0 Å². The van der Waals surface area contributed by atoms with E-state index >= 15 is 0 Å². The number of thioether (sulfide) groups is 1. The van der Waals surface area contributed by atoms with Gasteiger partial charge in [0, 0.05) is 16.7 Å². The molecule has 0 saturated carbocycles. The summed E-state index contributed by atoms with van der Waals surface area (Å²) in [4.78, 5) is 25.0. The second-order valence-electron chi connectivity index (χ2n) is 8.79. The number of hydrazone groups is 1. The van der Waals surface area contributed by atoms with E-state index in [-0.39, 0.29) is 16.4 Å². The first-order chi connectivity index (χ1) is 15.7. The zero-order chi connectivity index (χ0) is 24.2. The number of amides is 2. The van der Waals surface area contributed by atoms with Crippen LogP contribution in [0.2, 0.25) is 0 Å². The molecule has 8 heteroatoms. The first-order valence-electron chi connectivity index (χ1n) is 10.9. The standard InChI is InChI=1S/C25H31N3O4S/c1-7-21-22(17-10-13-19(31-5)20(14-17)32-6)27-28(24(30)33-21)15-16-8-11-18(12-9-16)26-23(29)25(2,3)4/h8-14,21H,7,15H2,1-6H3,(H,26,29). The Labute approximate surface area is 199 Å². The van der Waals surface area contributed by atoms with Crippen molar-refractivity contribution in [3.63, 3.8) is 0 Å². The van der Waals surface area contributed by atoms with Gasteiger partial charge in [-0.25, -0.2) is 5.01 Å². The Kier molecular flexibility index (Phi) is 7.68. The minimum Gasteiger partial charge on any atom is -0.493 e. The molecular formula is C25H31N3O4S. The third-order valence-corrected chi connectivity index (χ3v) is 6.52. The van der Waals surface area contributed by atoms with Crippen LogP contribution in [0, 0.1) is 5.41 Å². The number of ether oxygens (including phenoxy) is 2. The van der Waals surface area contributed by atoms with Crippen molar-refractivity contribution in [3.8, 4) is 11.5 Å². The van der Waals surface area contributed by atoms with Gasteiger partial charge in [0.05, 0.1) is 31.7 Å². The molecule has 2 amide bonds. The molecule has 2 aromatic rings. The summed E-state index contributed by atoms with van der Waals surface area (Å²) in [5, 5.41) is 9.00. The molecule has 0 spiro atoms. The zero-order valence-corrected chi connectivity index (χ0v) is 20.8. The van der Waals surface area contributed by atoms with Crippen molar-refractivity contribution in [2.75, 3.05) is 19.5 Å². The number of carbonyl (C=O) groups is 2. The molecule has 1 atom stereocenters. The molecule has 0 fully saturated rings. The quantitative estimate of drug-likeness (QED) is 0.576. The summed E-state index contributed by atoms with van der Waals surface area (Å²) in [6.07, 6.45) is 0.777. The highest BCUT2D eigenvalue weighted by atomic mass is 32.2. The number of carbonyl (C=O) groups excluding carboxylic acids is 2. The number of hydrogen-bond acceptors (Lipinski definition) is 6. The van der Waals surface area contributed by atoms with Crippen molar-refractivity contribution in [2.45, 2.75) is 45.9 Å². The molecule has 0 radical (unpaired) electrons. The van der Waals surface area contributed by atoms with Gasteiger partial charge in [0.2, 0.25) is 5.91 Å². The molecule has 33 heavy (non-hydrogen) atoms. The highest BCUT2D eigenvalue weighted by molar-refractivity contribution is 8.14. The van der Waals surface area contributed by atoms with Crippen LogP contribution in [-0.2, 0) is 11.3 Å². The molecule has 0 aliphatic carbocycles. The minimum atomic E-state index is -0.471. The van der Waals surface area contributed by atoms with Crippen LogP contribution in [0.3, 0.4) is 0 Å². The van der Waals surface area contributed by atoms with Gasteiger partial charge in [-0.3, -0.25) is 9.59 Å². The largest absolute Gasteiger partial charge is 0.493 e. The van der Waals surface area contributed by atoms with Crippen molar-refractivity contribution < 1.29 is 19.1 Å². The van der Waals surface area contributed by atoms with Crippen LogP contribution >= 0.6 is 11.8 Å². The van der Waals surface area contributed by atoms with Gasteiger partial charge in [0.1, 0.15) is 0 Å². The van der Waals surface area contributed by atoms with E-state index in [1.54, 1.807) is 14.2 Å². The van der Waals surface area contributed by atoms with Gasteiger partial charge in [0.25, 0.3) is 0 Å². The normalized spacial score (nSPS) is 16.3. The van der Waals surface area contributed by atoms with Gasteiger partial charge < -0.3 is 14.8 Å². The maximum absolute atomic E-state index is 12.8. The van der Waals surface area contributed by atoms with E-state index in [0.717, 1.165) is 28.9 Å². The fourth-order valence-electron chi connectivity index (χ4n) is 3.27. The Hall–Kier alpha value is -3.00. The maximum atomic E-state index is 12.8. The highest BCUT2D eigenvalue weighted by Crippen LogP contribution is 2.33. The van der Waals surface area contributed by atoms with E-state index < -0.39 is 5.41 Å². The molecule has 1 aliphatic rings. The lowest BCUT2D eigenvalue weighted by Crippen LogP contribution is -2.34. The summed E-state index contributed by atoms with van der Waals surface area (Å²) in [6.45, 7) is 7.99. The van der Waals surface area contributed by atoms with Crippen LogP contribution in [-0.4, -0.2) is 41.3 Å². The lowest BCUT2D eigenvalue weighted by molar-refractivity contribution is -0.123. The van der Waals surface area contributed by atoms with Crippen LogP contribution in [0.4, 0.5) is 10.5 Å². The van der Waals surface area contributed by atoms with Crippen molar-refractivity contribution in [1.29, 1.82) is 0 Å². The van der Waals surface area contributed by atoms with Gasteiger partial charge in [-0.2, -0.15) is 5.10 Å². The van der Waals surface area contributed by atoms with E-state index in [2.05, 4.69) is 5.32 Å². The van der Waals surface area contributed by atoms with Gasteiger partial charge >= 0.3 is 5.24 Å². The molecule has 7 nitrogen and oxygen atoms in total. The van der Waals surface area contributed by atoms with Crippen molar-refractivity contribution in [3.05, 3.63) is 53.6 Å². The predicted octanol–water partition coefficient (Wildman–Crippen LogP) is 5.54. The Morgan fingerprint density at radius 1 is 1.09 bits per heavy atom. The number of anilines is 1. The molecule has 176 valence electrons. The number of rotatable bonds is 7. The van der Waals surface area contributed by atoms with Crippen molar-refractivity contribution in [2.24, 2.45) is 10.5 Å². The number of hydrogen-bond donors (Lipinski definition) is 1. The van der Waals surface area contributed by atoms with Crippen molar-refractivity contribution in [1.82, 2.24) is 5.01 Å². The average Bonchev–Trinajstić information content (AvgIpc) is 2.80. The molecule has 1 heterocycles. The summed E-state index contributed by atoms with van der Waals surface area (Å²) in [5.74, 6) is 1.21. The molecule has 1 aliphatic heterocycles. The van der Waals surface area contributed by atoms with Crippen molar-refractivity contribution >= 4 is 34.3 Å². The second-order valence-corrected chi connectivity index (χ2v) is 9.95. The van der Waals surface area contributed by atoms with Crippen LogP contribution in [0.1, 0.15) is 45.2 Å². The fourth-order valence-corrected chi connectivity index (χ4v) is 4.21. The first-order valence-corrected chi connectivity index (χ1v) is 11.7. The highest BCUT2D eigenvalue weighted by Gasteiger charge is 2.30. The Morgan fingerprint density at radius 2 is 1.76 bits per heavy atom. The zero-order valence-electron chi connectivity index (χ0n) is 20.0. The number of nitrogens with one attached hydrogen (secondary N) is 1. The monoisotopic (exact) mass is 469 g/mol. The van der Waals surface area contributed by atoms with Gasteiger partial charge in [-0.1, -0.05) is 51.6 Å². The molecule has 2 aromatic carbocycles. The first kappa shape index (κ1) is 24.6. The third-order valence-electron chi connectivity index (χ3n) is 5.26. The average molecular weight is 470 g/mol. The van der Waals surface area contributed by atoms with E-state index in [4.69, 9.17) is 14.6 Å². The molecule has 0 aromatic heterocycles. The van der Waals surface area contributed by atoms with E-state index in [1.807, 2.05) is 70.2 Å². The Balaban J connectivity index is 1.83. The van der Waals surface area contributed by atoms with Crippen LogP contribution < -0.4 is 14.8 Å². The van der Waals surface area contributed by atoms with Crippen LogP contribution in [0.5, 0.6) is 11.5 Å². The summed E-state index contributed by atoms with van der Waals surface area (Å²) >= 11 is 1.28. The van der Waals surface area contributed by atoms with Crippen LogP contribution in [0.25, 0.3) is 0 Å². The molecule has 0 saturated heterocycles. The molecule has 1 unspecified atom stereocenters.